The zero-order chi connectivity index (χ0) is 11.5. The second-order valence-corrected chi connectivity index (χ2v) is 5.68. The lowest BCUT2D eigenvalue weighted by Gasteiger charge is -2.10. The Bertz CT molecular complexity index is 503. The molecule has 0 amide bonds. The molecule has 0 aliphatic heterocycles. The maximum absolute atomic E-state index is 3.67. The van der Waals surface area contributed by atoms with Gasteiger partial charge in [-0.05, 0) is 35.2 Å². The molecule has 0 N–H and O–H groups in total. The number of fused-ring (bicyclic) bond motifs is 1. The molecule has 0 radical (unpaired) electrons. The van der Waals surface area contributed by atoms with Gasteiger partial charge < -0.3 is 0 Å². The molecule has 0 aromatic heterocycles. The lowest BCUT2D eigenvalue weighted by molar-refractivity contribution is 0.797. The first-order valence-corrected chi connectivity index (χ1v) is 7.18. The molecule has 16 heavy (non-hydrogen) atoms. The van der Waals surface area contributed by atoms with Gasteiger partial charge in [-0.25, -0.2) is 0 Å². The minimum absolute atomic E-state index is 1.14. The van der Waals surface area contributed by atoms with Crippen molar-refractivity contribution in [1.82, 2.24) is 0 Å². The Kier molecular flexibility index (Phi) is 4.04. The van der Waals surface area contributed by atoms with E-state index in [1.807, 2.05) is 0 Å². The summed E-state index contributed by atoms with van der Waals surface area (Å²) in [6, 6.07) is 10.7. The van der Waals surface area contributed by atoms with Gasteiger partial charge in [0.1, 0.15) is 0 Å². The van der Waals surface area contributed by atoms with Gasteiger partial charge in [0.05, 0.1) is 0 Å². The number of rotatable bonds is 3. The largest absolute Gasteiger partial charge is 0.0654 e. The van der Waals surface area contributed by atoms with Crippen molar-refractivity contribution in [1.29, 1.82) is 0 Å². The SMILES string of the molecule is CCCCc1c(Br)cc(Br)c2ccccc12. The van der Waals surface area contributed by atoms with Crippen molar-refractivity contribution < 1.29 is 0 Å². The second kappa shape index (κ2) is 5.33. The fraction of sp³-hybridized carbons (Fsp3) is 0.286. The molecule has 84 valence electrons. The molecule has 0 spiro atoms. The summed E-state index contributed by atoms with van der Waals surface area (Å²) >= 11 is 7.29. The molecule has 0 saturated carbocycles. The minimum Gasteiger partial charge on any atom is -0.0654 e. The fourth-order valence-corrected chi connectivity index (χ4v) is 3.49. The Morgan fingerprint density at radius 2 is 1.69 bits per heavy atom. The van der Waals surface area contributed by atoms with Crippen LogP contribution in [0.25, 0.3) is 10.8 Å². The molecule has 2 aromatic carbocycles. The molecule has 0 unspecified atom stereocenters. The second-order valence-electron chi connectivity index (χ2n) is 3.97. The van der Waals surface area contributed by atoms with Crippen LogP contribution in [-0.2, 0) is 6.42 Å². The molecule has 2 rings (SSSR count). The highest BCUT2D eigenvalue weighted by atomic mass is 79.9. The predicted octanol–water partition coefficient (Wildman–Crippen LogP) is 5.71. The van der Waals surface area contributed by atoms with Gasteiger partial charge in [0.15, 0.2) is 0 Å². The zero-order valence-electron chi connectivity index (χ0n) is 9.26. The van der Waals surface area contributed by atoms with Crippen LogP contribution in [-0.4, -0.2) is 0 Å². The molecule has 0 bridgehead atoms. The third-order valence-electron chi connectivity index (χ3n) is 2.83. The van der Waals surface area contributed by atoms with Crippen LogP contribution in [0.5, 0.6) is 0 Å². The van der Waals surface area contributed by atoms with Crippen molar-refractivity contribution >= 4 is 42.6 Å². The lowest BCUT2D eigenvalue weighted by atomic mass is 10.0. The van der Waals surface area contributed by atoms with E-state index in [1.54, 1.807) is 0 Å². The van der Waals surface area contributed by atoms with Crippen LogP contribution in [0.3, 0.4) is 0 Å². The van der Waals surface area contributed by atoms with Gasteiger partial charge in [-0.1, -0.05) is 69.5 Å². The first-order chi connectivity index (χ1) is 7.74. The van der Waals surface area contributed by atoms with E-state index < -0.39 is 0 Å². The number of benzene rings is 2. The number of hydrogen-bond acceptors (Lipinski definition) is 0. The summed E-state index contributed by atoms with van der Waals surface area (Å²) in [6.07, 6.45) is 3.62. The number of unbranched alkanes of at least 4 members (excludes halogenated alkanes) is 1. The van der Waals surface area contributed by atoms with Crippen molar-refractivity contribution in [2.24, 2.45) is 0 Å². The Labute approximate surface area is 113 Å². The molecule has 2 heteroatoms. The summed E-state index contributed by atoms with van der Waals surface area (Å²) in [5.41, 5.74) is 1.43. The van der Waals surface area contributed by atoms with Crippen molar-refractivity contribution in [3.05, 3.63) is 44.8 Å². The highest BCUT2D eigenvalue weighted by Gasteiger charge is 2.08. The van der Waals surface area contributed by atoms with Gasteiger partial charge in [0.25, 0.3) is 0 Å². The van der Waals surface area contributed by atoms with Crippen LogP contribution in [0.1, 0.15) is 25.3 Å². The smallest absolute Gasteiger partial charge is 0.0265 e. The normalized spacial score (nSPS) is 10.9. The van der Waals surface area contributed by atoms with Crippen molar-refractivity contribution in [3.8, 4) is 0 Å². The summed E-state index contributed by atoms with van der Waals surface area (Å²) in [5.74, 6) is 0. The van der Waals surface area contributed by atoms with Gasteiger partial charge in [-0.2, -0.15) is 0 Å². The monoisotopic (exact) mass is 340 g/mol. The lowest BCUT2D eigenvalue weighted by Crippen LogP contribution is -1.90. The van der Waals surface area contributed by atoms with E-state index in [1.165, 1.54) is 33.7 Å². The molecule has 0 heterocycles. The molecular formula is C14H14Br2. The Balaban J connectivity index is 2.61. The molecule has 0 atom stereocenters. The van der Waals surface area contributed by atoms with E-state index >= 15 is 0 Å². The summed E-state index contributed by atoms with van der Waals surface area (Å²) in [6.45, 7) is 2.23. The average Bonchev–Trinajstić information content (AvgIpc) is 2.29. The van der Waals surface area contributed by atoms with Crippen LogP contribution in [0.15, 0.2) is 39.3 Å². The number of aryl methyl sites for hydroxylation is 1. The van der Waals surface area contributed by atoms with E-state index in [9.17, 15) is 0 Å². The van der Waals surface area contributed by atoms with Crippen LogP contribution in [0, 0.1) is 0 Å². The van der Waals surface area contributed by atoms with E-state index in [0.717, 1.165) is 10.9 Å². The highest BCUT2D eigenvalue weighted by molar-refractivity contribution is 9.11. The van der Waals surface area contributed by atoms with Gasteiger partial charge in [-0.3, -0.25) is 0 Å². The van der Waals surface area contributed by atoms with Crippen molar-refractivity contribution in [2.75, 3.05) is 0 Å². The molecule has 0 nitrogen and oxygen atoms in total. The zero-order valence-corrected chi connectivity index (χ0v) is 12.4. The van der Waals surface area contributed by atoms with Crippen LogP contribution >= 0.6 is 31.9 Å². The molecule has 0 fully saturated rings. The van der Waals surface area contributed by atoms with Gasteiger partial charge >= 0.3 is 0 Å². The highest BCUT2D eigenvalue weighted by Crippen LogP contribution is 2.33. The summed E-state index contributed by atoms with van der Waals surface area (Å²) in [4.78, 5) is 0. The minimum atomic E-state index is 1.14. The fourth-order valence-electron chi connectivity index (χ4n) is 1.97. The number of halogens is 2. The van der Waals surface area contributed by atoms with E-state index in [0.29, 0.717) is 0 Å². The summed E-state index contributed by atoms with van der Waals surface area (Å²) in [7, 11) is 0. The summed E-state index contributed by atoms with van der Waals surface area (Å²) < 4.78 is 2.38. The Morgan fingerprint density at radius 1 is 1.00 bits per heavy atom. The quantitative estimate of drug-likeness (QED) is 0.671. The van der Waals surface area contributed by atoms with Gasteiger partial charge in [-0.15, -0.1) is 0 Å². The first-order valence-electron chi connectivity index (χ1n) is 5.59. The maximum Gasteiger partial charge on any atom is 0.0265 e. The molecular weight excluding hydrogens is 328 g/mol. The van der Waals surface area contributed by atoms with E-state index in [2.05, 4.69) is 69.1 Å². The Morgan fingerprint density at radius 3 is 2.38 bits per heavy atom. The third-order valence-corrected chi connectivity index (χ3v) is 4.20. The molecule has 0 saturated heterocycles. The van der Waals surface area contributed by atoms with Crippen LogP contribution in [0.2, 0.25) is 0 Å². The molecule has 0 aliphatic rings. The molecule has 2 aromatic rings. The van der Waals surface area contributed by atoms with Crippen molar-refractivity contribution in [2.45, 2.75) is 26.2 Å². The van der Waals surface area contributed by atoms with Gasteiger partial charge in [0.2, 0.25) is 0 Å². The Hall–Kier alpha value is -0.340. The van der Waals surface area contributed by atoms with Crippen LogP contribution < -0.4 is 0 Å². The van der Waals surface area contributed by atoms with Gasteiger partial charge in [0, 0.05) is 8.95 Å². The average molecular weight is 342 g/mol. The summed E-state index contributed by atoms with van der Waals surface area (Å²) in [5, 5.41) is 2.66. The standard InChI is InChI=1S/C14H14Br2/c1-2-3-6-11-10-7-4-5-8-12(10)14(16)9-13(11)15/h4-5,7-9H,2-3,6H2,1H3. The first kappa shape index (κ1) is 12.1. The maximum atomic E-state index is 3.67. The van der Waals surface area contributed by atoms with Crippen molar-refractivity contribution in [3.63, 3.8) is 0 Å². The predicted molar refractivity (Wildman–Crippen MR) is 78.0 cm³/mol. The third kappa shape index (κ3) is 2.33. The van der Waals surface area contributed by atoms with E-state index in [-0.39, 0.29) is 0 Å². The van der Waals surface area contributed by atoms with E-state index in [4.69, 9.17) is 0 Å². The molecule has 0 aliphatic carbocycles. The topological polar surface area (TPSA) is 0 Å². The number of hydrogen-bond donors (Lipinski definition) is 0. The van der Waals surface area contributed by atoms with Crippen LogP contribution in [0.4, 0.5) is 0 Å².